The van der Waals surface area contributed by atoms with Gasteiger partial charge in [0.2, 0.25) is 5.88 Å². The largest absolute Gasteiger partial charge is 0.481 e. The molecule has 16 heavy (non-hydrogen) atoms. The van der Waals surface area contributed by atoms with Crippen molar-refractivity contribution >= 4 is 0 Å². The third-order valence-corrected chi connectivity index (χ3v) is 2.77. The smallest absolute Gasteiger partial charge is 0.212 e. The number of hydrogen-bond acceptors (Lipinski definition) is 2. The molecule has 2 nitrogen and oxygen atoms in total. The average molecular weight is 213 g/mol. The van der Waals surface area contributed by atoms with Gasteiger partial charge in [-0.1, -0.05) is 43.3 Å². The number of benzene rings is 1. The molecule has 0 fully saturated rings. The molecule has 0 radical (unpaired) electrons. The Kier molecular flexibility index (Phi) is 3.20. The lowest BCUT2D eigenvalue weighted by molar-refractivity contribution is 0.397. The van der Waals surface area contributed by atoms with Crippen LogP contribution in [0.5, 0.6) is 5.88 Å². The summed E-state index contributed by atoms with van der Waals surface area (Å²) in [4.78, 5) is 4.22. The van der Waals surface area contributed by atoms with Crippen LogP contribution in [0.3, 0.4) is 0 Å². The van der Waals surface area contributed by atoms with Crippen LogP contribution in [0.1, 0.15) is 24.0 Å². The van der Waals surface area contributed by atoms with Gasteiger partial charge in [-0.15, -0.1) is 0 Å². The van der Waals surface area contributed by atoms with Crippen LogP contribution in [-0.2, 0) is 0 Å². The van der Waals surface area contributed by atoms with Gasteiger partial charge in [-0.05, 0) is 11.1 Å². The third kappa shape index (κ3) is 2.22. The molecule has 0 amide bonds. The molecule has 0 spiro atoms. The Bertz CT molecular complexity index is 436. The molecule has 0 N–H and O–H groups in total. The predicted molar refractivity (Wildman–Crippen MR) is 64.7 cm³/mol. The minimum Gasteiger partial charge on any atom is -0.481 e. The Balaban J connectivity index is 2.24. The Morgan fingerprint density at radius 2 is 1.75 bits per heavy atom. The maximum absolute atomic E-state index is 5.04. The molecular weight excluding hydrogens is 198 g/mol. The number of pyridine rings is 1. The van der Waals surface area contributed by atoms with Crippen molar-refractivity contribution in [2.75, 3.05) is 7.11 Å². The molecule has 1 aromatic carbocycles. The fourth-order valence-corrected chi connectivity index (χ4v) is 1.70. The van der Waals surface area contributed by atoms with Gasteiger partial charge >= 0.3 is 0 Å². The predicted octanol–water partition coefficient (Wildman–Crippen LogP) is 3.24. The van der Waals surface area contributed by atoms with Crippen molar-refractivity contribution in [3.05, 3.63) is 59.8 Å². The van der Waals surface area contributed by atoms with Crippen LogP contribution >= 0.6 is 0 Å². The van der Waals surface area contributed by atoms with E-state index in [1.165, 1.54) is 11.1 Å². The highest BCUT2D eigenvalue weighted by Crippen LogP contribution is 2.23. The lowest BCUT2D eigenvalue weighted by Crippen LogP contribution is -1.97. The van der Waals surface area contributed by atoms with E-state index in [4.69, 9.17) is 4.74 Å². The van der Waals surface area contributed by atoms with Crippen LogP contribution in [0.25, 0.3) is 0 Å². The summed E-state index contributed by atoms with van der Waals surface area (Å²) < 4.78 is 5.04. The van der Waals surface area contributed by atoms with Crippen molar-refractivity contribution in [1.82, 2.24) is 4.98 Å². The van der Waals surface area contributed by atoms with Gasteiger partial charge < -0.3 is 4.74 Å². The van der Waals surface area contributed by atoms with Crippen molar-refractivity contribution in [1.29, 1.82) is 0 Å². The Morgan fingerprint density at radius 1 is 1.00 bits per heavy atom. The highest BCUT2D eigenvalue weighted by Gasteiger charge is 2.08. The van der Waals surface area contributed by atoms with E-state index < -0.39 is 0 Å². The van der Waals surface area contributed by atoms with Crippen molar-refractivity contribution in [2.24, 2.45) is 0 Å². The number of methoxy groups -OCH3 is 1. The van der Waals surface area contributed by atoms with Crippen LogP contribution < -0.4 is 4.74 Å². The molecule has 0 aliphatic carbocycles. The van der Waals surface area contributed by atoms with Crippen molar-refractivity contribution in [3.63, 3.8) is 0 Å². The molecule has 0 saturated heterocycles. The topological polar surface area (TPSA) is 22.1 Å². The van der Waals surface area contributed by atoms with Gasteiger partial charge in [-0.2, -0.15) is 0 Å². The molecule has 82 valence electrons. The molecule has 0 aliphatic rings. The van der Waals surface area contributed by atoms with Crippen LogP contribution in [-0.4, -0.2) is 12.1 Å². The number of ether oxygens (including phenoxy) is 1. The van der Waals surface area contributed by atoms with E-state index in [0.29, 0.717) is 11.8 Å². The molecule has 2 aromatic rings. The van der Waals surface area contributed by atoms with Gasteiger partial charge in [0.05, 0.1) is 7.11 Å². The minimum absolute atomic E-state index is 0.361. The van der Waals surface area contributed by atoms with E-state index in [2.05, 4.69) is 42.2 Å². The molecule has 1 atom stereocenters. The van der Waals surface area contributed by atoms with Crippen LogP contribution in [0.4, 0.5) is 0 Å². The molecular formula is C14H15NO. The quantitative estimate of drug-likeness (QED) is 0.780. The number of aromatic nitrogens is 1. The second kappa shape index (κ2) is 4.79. The van der Waals surface area contributed by atoms with Gasteiger partial charge in [-0.25, -0.2) is 4.98 Å². The highest BCUT2D eigenvalue weighted by molar-refractivity contribution is 5.31. The zero-order valence-corrected chi connectivity index (χ0v) is 9.55. The fourth-order valence-electron chi connectivity index (χ4n) is 1.70. The summed E-state index contributed by atoms with van der Waals surface area (Å²) in [5.41, 5.74) is 2.50. The monoisotopic (exact) mass is 213 g/mol. The first-order valence-corrected chi connectivity index (χ1v) is 5.36. The molecule has 0 saturated carbocycles. The molecule has 1 unspecified atom stereocenters. The number of rotatable bonds is 3. The molecule has 1 aromatic heterocycles. The lowest BCUT2D eigenvalue weighted by atomic mass is 9.95. The molecule has 2 heteroatoms. The van der Waals surface area contributed by atoms with E-state index in [1.807, 2.05) is 18.3 Å². The highest BCUT2D eigenvalue weighted by atomic mass is 16.5. The summed E-state index contributed by atoms with van der Waals surface area (Å²) >= 11 is 0. The van der Waals surface area contributed by atoms with Gasteiger partial charge in [-0.3, -0.25) is 0 Å². The van der Waals surface area contributed by atoms with Crippen molar-refractivity contribution in [2.45, 2.75) is 12.8 Å². The normalized spacial score (nSPS) is 12.1. The summed E-state index contributed by atoms with van der Waals surface area (Å²) in [6, 6.07) is 14.4. The summed E-state index contributed by atoms with van der Waals surface area (Å²) in [5.74, 6) is 1.02. The van der Waals surface area contributed by atoms with Crippen molar-refractivity contribution in [3.8, 4) is 5.88 Å². The number of hydrogen-bond donors (Lipinski definition) is 0. The molecule has 1 heterocycles. The van der Waals surface area contributed by atoms with E-state index in [1.54, 1.807) is 7.11 Å². The summed E-state index contributed by atoms with van der Waals surface area (Å²) in [7, 11) is 1.63. The second-order valence-electron chi connectivity index (χ2n) is 3.77. The first kappa shape index (κ1) is 10.7. The molecule has 0 aliphatic heterocycles. The standard InChI is InChI=1S/C14H15NO/c1-11(12-6-4-3-5-7-12)13-8-9-14(16-2)15-10-13/h3-11H,1-2H3. The summed E-state index contributed by atoms with van der Waals surface area (Å²) in [6.45, 7) is 2.18. The van der Waals surface area contributed by atoms with E-state index in [-0.39, 0.29) is 0 Å². The van der Waals surface area contributed by atoms with Crippen LogP contribution in [0.2, 0.25) is 0 Å². The van der Waals surface area contributed by atoms with E-state index >= 15 is 0 Å². The first-order valence-electron chi connectivity index (χ1n) is 5.36. The zero-order chi connectivity index (χ0) is 11.4. The Morgan fingerprint density at radius 3 is 2.31 bits per heavy atom. The Labute approximate surface area is 95.9 Å². The zero-order valence-electron chi connectivity index (χ0n) is 9.55. The van der Waals surface area contributed by atoms with Gasteiger partial charge in [0.15, 0.2) is 0 Å². The van der Waals surface area contributed by atoms with Gasteiger partial charge in [0, 0.05) is 18.2 Å². The van der Waals surface area contributed by atoms with Crippen molar-refractivity contribution < 1.29 is 4.74 Å². The van der Waals surface area contributed by atoms with Gasteiger partial charge in [0.25, 0.3) is 0 Å². The number of nitrogens with zero attached hydrogens (tertiary/aromatic N) is 1. The summed E-state index contributed by atoms with van der Waals surface area (Å²) in [5, 5.41) is 0. The SMILES string of the molecule is COc1ccc(C(C)c2ccccc2)cn1. The molecule has 0 bridgehead atoms. The first-order chi connectivity index (χ1) is 7.81. The summed E-state index contributed by atoms with van der Waals surface area (Å²) in [6.07, 6.45) is 1.87. The van der Waals surface area contributed by atoms with Crippen LogP contribution in [0.15, 0.2) is 48.7 Å². The molecule has 2 rings (SSSR count). The van der Waals surface area contributed by atoms with Crippen LogP contribution in [0, 0.1) is 0 Å². The lowest BCUT2D eigenvalue weighted by Gasteiger charge is -2.12. The Hall–Kier alpha value is -1.83. The van der Waals surface area contributed by atoms with Gasteiger partial charge in [0.1, 0.15) is 0 Å². The fraction of sp³-hybridized carbons (Fsp3) is 0.214. The maximum Gasteiger partial charge on any atom is 0.212 e. The van der Waals surface area contributed by atoms with E-state index in [9.17, 15) is 0 Å². The van der Waals surface area contributed by atoms with E-state index in [0.717, 1.165) is 0 Å². The second-order valence-corrected chi connectivity index (χ2v) is 3.77. The maximum atomic E-state index is 5.04. The minimum atomic E-state index is 0.361. The average Bonchev–Trinajstić information content (AvgIpc) is 2.39. The third-order valence-electron chi connectivity index (χ3n) is 2.77.